The minimum Gasteiger partial charge on any atom is -0.508 e. The lowest BCUT2D eigenvalue weighted by molar-refractivity contribution is -0.138. The lowest BCUT2D eigenvalue weighted by Crippen LogP contribution is -2.19. The third-order valence-electron chi connectivity index (χ3n) is 1.75. The SMILES string of the molecule is O=C(O)C(=O)c1ccc(O)cc1C(F)(F)F. The Hall–Kier alpha value is -2.05. The summed E-state index contributed by atoms with van der Waals surface area (Å²) in [5.41, 5.74) is -2.47. The van der Waals surface area contributed by atoms with Crippen molar-refractivity contribution >= 4 is 11.8 Å². The van der Waals surface area contributed by atoms with E-state index in [0.29, 0.717) is 12.1 Å². The molecule has 0 aromatic heterocycles. The van der Waals surface area contributed by atoms with Gasteiger partial charge in [0.25, 0.3) is 5.78 Å². The van der Waals surface area contributed by atoms with Crippen LogP contribution in [0.3, 0.4) is 0 Å². The number of hydrogen-bond acceptors (Lipinski definition) is 3. The fourth-order valence-electron chi connectivity index (χ4n) is 1.08. The lowest BCUT2D eigenvalue weighted by atomic mass is 10.0. The summed E-state index contributed by atoms with van der Waals surface area (Å²) in [6, 6.07) is 1.73. The normalized spacial score (nSPS) is 11.2. The highest BCUT2D eigenvalue weighted by atomic mass is 19.4. The van der Waals surface area contributed by atoms with Gasteiger partial charge in [0.2, 0.25) is 0 Å². The molecule has 4 nitrogen and oxygen atoms in total. The van der Waals surface area contributed by atoms with Crippen LogP contribution in [-0.4, -0.2) is 22.0 Å². The first-order valence-corrected chi connectivity index (χ1v) is 3.91. The first kappa shape index (κ1) is 12.0. The molecular weight excluding hydrogens is 229 g/mol. The molecule has 1 aromatic carbocycles. The molecule has 0 saturated heterocycles. The predicted octanol–water partition coefficient (Wildman–Crippen LogP) is 1.68. The number of carbonyl (C=O) groups excluding carboxylic acids is 1. The van der Waals surface area contributed by atoms with Gasteiger partial charge in [-0.15, -0.1) is 0 Å². The Morgan fingerprint density at radius 1 is 1.19 bits per heavy atom. The predicted molar refractivity (Wildman–Crippen MR) is 45.1 cm³/mol. The van der Waals surface area contributed by atoms with E-state index in [1.54, 1.807) is 0 Å². The molecule has 0 heterocycles. The zero-order chi connectivity index (χ0) is 12.5. The second kappa shape index (κ2) is 3.84. The van der Waals surface area contributed by atoms with E-state index >= 15 is 0 Å². The minimum atomic E-state index is -4.90. The molecule has 86 valence electrons. The van der Waals surface area contributed by atoms with Crippen LogP contribution < -0.4 is 0 Å². The van der Waals surface area contributed by atoms with Gasteiger partial charge in [0.1, 0.15) is 5.75 Å². The standard InChI is InChI=1S/C9H5F3O4/c10-9(11,12)6-3-4(13)1-2-5(6)7(14)8(15)16/h1-3,13H,(H,15,16). The maximum Gasteiger partial charge on any atom is 0.417 e. The first-order valence-electron chi connectivity index (χ1n) is 3.91. The zero-order valence-electron chi connectivity index (χ0n) is 7.58. The van der Waals surface area contributed by atoms with Crippen molar-refractivity contribution in [2.75, 3.05) is 0 Å². The molecule has 0 saturated carbocycles. The number of carbonyl (C=O) groups is 2. The van der Waals surface area contributed by atoms with Crippen LogP contribution in [0.4, 0.5) is 13.2 Å². The number of Topliss-reactive ketones (excluding diaryl/α,β-unsaturated/α-hetero) is 1. The molecule has 0 aliphatic heterocycles. The molecule has 2 N–H and O–H groups in total. The van der Waals surface area contributed by atoms with E-state index in [2.05, 4.69) is 0 Å². The van der Waals surface area contributed by atoms with Crippen molar-refractivity contribution in [3.63, 3.8) is 0 Å². The quantitative estimate of drug-likeness (QED) is 0.603. The van der Waals surface area contributed by atoms with Crippen LogP contribution in [0.1, 0.15) is 15.9 Å². The van der Waals surface area contributed by atoms with E-state index in [9.17, 15) is 22.8 Å². The number of phenols is 1. The molecule has 0 bridgehead atoms. The Kier molecular flexibility index (Phi) is 2.88. The highest BCUT2D eigenvalue weighted by molar-refractivity contribution is 6.40. The Bertz CT molecular complexity index is 451. The van der Waals surface area contributed by atoms with Gasteiger partial charge in [-0.3, -0.25) is 4.79 Å². The highest BCUT2D eigenvalue weighted by Gasteiger charge is 2.36. The molecule has 0 aliphatic carbocycles. The van der Waals surface area contributed by atoms with E-state index in [1.807, 2.05) is 0 Å². The Morgan fingerprint density at radius 3 is 2.19 bits per heavy atom. The lowest BCUT2D eigenvalue weighted by Gasteiger charge is -2.10. The summed E-state index contributed by atoms with van der Waals surface area (Å²) in [6.07, 6.45) is -4.90. The van der Waals surface area contributed by atoms with Crippen LogP contribution >= 0.6 is 0 Å². The fourth-order valence-corrected chi connectivity index (χ4v) is 1.08. The van der Waals surface area contributed by atoms with E-state index in [-0.39, 0.29) is 0 Å². The Labute approximate surface area is 86.9 Å². The molecule has 0 amide bonds. The largest absolute Gasteiger partial charge is 0.508 e. The second-order valence-electron chi connectivity index (χ2n) is 2.86. The number of hydrogen-bond donors (Lipinski definition) is 2. The minimum absolute atomic E-state index is 0.302. The van der Waals surface area contributed by atoms with Gasteiger partial charge in [-0.25, -0.2) is 4.79 Å². The van der Waals surface area contributed by atoms with Gasteiger partial charge >= 0.3 is 12.1 Å². The summed E-state index contributed by atoms with van der Waals surface area (Å²) in [7, 11) is 0. The maximum absolute atomic E-state index is 12.4. The van der Waals surface area contributed by atoms with Crippen molar-refractivity contribution in [1.82, 2.24) is 0 Å². The summed E-state index contributed by atoms with van der Waals surface area (Å²) in [5, 5.41) is 17.2. The first-order chi connectivity index (χ1) is 7.23. The molecule has 7 heteroatoms. The number of ketones is 1. The third-order valence-corrected chi connectivity index (χ3v) is 1.75. The molecular formula is C9H5F3O4. The summed E-state index contributed by atoms with van der Waals surface area (Å²) in [4.78, 5) is 21.2. The van der Waals surface area contributed by atoms with Crippen LogP contribution in [0.5, 0.6) is 5.75 Å². The Morgan fingerprint density at radius 2 is 1.75 bits per heavy atom. The molecule has 0 atom stereocenters. The van der Waals surface area contributed by atoms with Gasteiger partial charge in [0.15, 0.2) is 0 Å². The van der Waals surface area contributed by atoms with Crippen LogP contribution in [-0.2, 0) is 11.0 Å². The second-order valence-corrected chi connectivity index (χ2v) is 2.86. The van der Waals surface area contributed by atoms with E-state index in [1.165, 1.54) is 0 Å². The number of carboxylic acid groups (broad SMARTS) is 1. The Balaban J connectivity index is 3.40. The molecule has 0 aliphatic rings. The molecule has 16 heavy (non-hydrogen) atoms. The number of aromatic hydroxyl groups is 1. The monoisotopic (exact) mass is 234 g/mol. The third kappa shape index (κ3) is 2.30. The van der Waals surface area contributed by atoms with Crippen molar-refractivity contribution < 1.29 is 33.0 Å². The van der Waals surface area contributed by atoms with Crippen LogP contribution in [0.15, 0.2) is 18.2 Å². The number of phenolic OH excluding ortho intramolecular Hbond substituents is 1. The van der Waals surface area contributed by atoms with Gasteiger partial charge in [-0.05, 0) is 18.2 Å². The van der Waals surface area contributed by atoms with Crippen LogP contribution in [0.2, 0.25) is 0 Å². The van der Waals surface area contributed by atoms with Crippen molar-refractivity contribution in [2.24, 2.45) is 0 Å². The summed E-state index contributed by atoms with van der Waals surface area (Å²) in [6.45, 7) is 0. The van der Waals surface area contributed by atoms with Gasteiger partial charge in [0.05, 0.1) is 5.56 Å². The number of rotatable bonds is 2. The van der Waals surface area contributed by atoms with Gasteiger partial charge < -0.3 is 10.2 Å². The van der Waals surface area contributed by atoms with E-state index in [4.69, 9.17) is 10.2 Å². The average molecular weight is 234 g/mol. The average Bonchev–Trinajstić information content (AvgIpc) is 2.15. The summed E-state index contributed by atoms with van der Waals surface area (Å²) >= 11 is 0. The van der Waals surface area contributed by atoms with Crippen molar-refractivity contribution in [3.05, 3.63) is 29.3 Å². The maximum atomic E-state index is 12.4. The van der Waals surface area contributed by atoms with Crippen molar-refractivity contribution in [3.8, 4) is 5.75 Å². The van der Waals surface area contributed by atoms with E-state index in [0.717, 1.165) is 6.07 Å². The summed E-state index contributed by atoms with van der Waals surface area (Å²) in [5.74, 6) is -4.36. The number of benzene rings is 1. The molecule has 1 rings (SSSR count). The molecule has 0 unspecified atom stereocenters. The number of carboxylic acids is 1. The molecule has 0 spiro atoms. The van der Waals surface area contributed by atoms with Gasteiger partial charge in [-0.1, -0.05) is 0 Å². The van der Waals surface area contributed by atoms with Crippen LogP contribution in [0.25, 0.3) is 0 Å². The molecule has 0 fully saturated rings. The molecule has 1 aromatic rings. The highest BCUT2D eigenvalue weighted by Crippen LogP contribution is 2.34. The van der Waals surface area contributed by atoms with Crippen LogP contribution in [0, 0.1) is 0 Å². The topological polar surface area (TPSA) is 74.6 Å². The smallest absolute Gasteiger partial charge is 0.417 e. The van der Waals surface area contributed by atoms with E-state index < -0.39 is 34.8 Å². The number of alkyl halides is 3. The van der Waals surface area contributed by atoms with Crippen molar-refractivity contribution in [1.29, 1.82) is 0 Å². The summed E-state index contributed by atoms with van der Waals surface area (Å²) < 4.78 is 37.2. The molecule has 0 radical (unpaired) electrons. The number of halogens is 3. The van der Waals surface area contributed by atoms with Gasteiger partial charge in [-0.2, -0.15) is 13.2 Å². The van der Waals surface area contributed by atoms with Gasteiger partial charge in [0, 0.05) is 5.56 Å². The zero-order valence-corrected chi connectivity index (χ0v) is 7.58. The fraction of sp³-hybridized carbons (Fsp3) is 0.111. The van der Waals surface area contributed by atoms with Crippen molar-refractivity contribution in [2.45, 2.75) is 6.18 Å². The number of aliphatic carboxylic acids is 1.